The predicted octanol–water partition coefficient (Wildman–Crippen LogP) is 2.85. The normalized spacial score (nSPS) is 19.3. The lowest BCUT2D eigenvalue weighted by Crippen LogP contribution is -2.31. The van der Waals surface area contributed by atoms with E-state index in [1.807, 2.05) is 6.92 Å². The summed E-state index contributed by atoms with van der Waals surface area (Å²) in [6.07, 6.45) is 2.73. The molecular formula is C19H32ClN3O4S. The summed E-state index contributed by atoms with van der Waals surface area (Å²) in [5, 5.41) is 2.89. The number of nitrogens with zero attached hydrogens (tertiary/aromatic N) is 1. The zero-order valence-electron chi connectivity index (χ0n) is 16.8. The highest BCUT2D eigenvalue weighted by atomic mass is 35.5. The van der Waals surface area contributed by atoms with E-state index in [9.17, 15) is 13.2 Å². The molecule has 1 amide bonds. The number of benzene rings is 1. The van der Waals surface area contributed by atoms with Crippen LogP contribution >= 0.6 is 12.4 Å². The summed E-state index contributed by atoms with van der Waals surface area (Å²) in [6.45, 7) is 7.10. The minimum atomic E-state index is -3.62. The number of nitrogens with one attached hydrogen (secondary N) is 1. The van der Waals surface area contributed by atoms with Crippen LogP contribution in [0.15, 0.2) is 23.1 Å². The Labute approximate surface area is 174 Å². The van der Waals surface area contributed by atoms with Gasteiger partial charge >= 0.3 is 0 Å². The molecule has 0 heterocycles. The van der Waals surface area contributed by atoms with Gasteiger partial charge in [0.1, 0.15) is 5.75 Å². The zero-order valence-corrected chi connectivity index (χ0v) is 18.4. The number of hydrogen-bond acceptors (Lipinski definition) is 5. The number of carbonyl (C=O) groups is 1. The molecule has 9 heteroatoms. The molecule has 0 bridgehead atoms. The number of hydrogen-bond donors (Lipinski definition) is 2. The Morgan fingerprint density at radius 3 is 2.50 bits per heavy atom. The third kappa shape index (κ3) is 5.37. The molecule has 28 heavy (non-hydrogen) atoms. The Kier molecular flexibility index (Phi) is 9.69. The quantitative estimate of drug-likeness (QED) is 0.623. The van der Waals surface area contributed by atoms with Gasteiger partial charge in [0, 0.05) is 19.0 Å². The van der Waals surface area contributed by atoms with Gasteiger partial charge < -0.3 is 15.8 Å². The minimum absolute atomic E-state index is 0. The molecule has 160 valence electrons. The van der Waals surface area contributed by atoms with Gasteiger partial charge in [-0.1, -0.05) is 20.3 Å². The molecule has 1 fully saturated rings. The van der Waals surface area contributed by atoms with Crippen molar-refractivity contribution in [3.05, 3.63) is 18.2 Å². The molecule has 1 aromatic rings. The highest BCUT2D eigenvalue weighted by Crippen LogP contribution is 2.34. The van der Waals surface area contributed by atoms with Crippen LogP contribution in [0.4, 0.5) is 5.69 Å². The fraction of sp³-hybridized carbons (Fsp3) is 0.632. The number of halogens is 1. The molecule has 7 nitrogen and oxygen atoms in total. The van der Waals surface area contributed by atoms with E-state index >= 15 is 0 Å². The van der Waals surface area contributed by atoms with Gasteiger partial charge in [0.25, 0.3) is 0 Å². The highest BCUT2D eigenvalue weighted by molar-refractivity contribution is 7.89. The molecule has 2 atom stereocenters. The molecule has 0 spiro atoms. The van der Waals surface area contributed by atoms with E-state index in [2.05, 4.69) is 5.32 Å². The summed E-state index contributed by atoms with van der Waals surface area (Å²) >= 11 is 0. The Hall–Kier alpha value is -1.35. The van der Waals surface area contributed by atoms with Crippen LogP contribution in [0.5, 0.6) is 5.75 Å². The number of nitrogens with two attached hydrogens (primary N) is 1. The lowest BCUT2D eigenvalue weighted by Gasteiger charge is -2.21. The number of ether oxygens (including phenoxy) is 1. The summed E-state index contributed by atoms with van der Waals surface area (Å²) in [5.41, 5.74) is 6.18. The van der Waals surface area contributed by atoms with E-state index in [1.165, 1.54) is 16.4 Å². The maximum Gasteiger partial charge on any atom is 0.243 e. The standard InChI is InChI=1S/C19H31N3O4S.ClH/c1-4-22(5-2)27(24,25)15-10-11-18(26-6-3)17(12-15)21-19(23)16-9-7-8-14(16)13-20;/h10-12,14,16H,4-9,13,20H2,1-3H3,(H,21,23);1H/t14-,16-;/m1./s1. The minimum Gasteiger partial charge on any atom is -0.492 e. The summed E-state index contributed by atoms with van der Waals surface area (Å²) in [5.74, 6) is 0.364. The molecule has 1 saturated carbocycles. The van der Waals surface area contributed by atoms with Gasteiger partial charge in [0.15, 0.2) is 0 Å². The van der Waals surface area contributed by atoms with Gasteiger partial charge in [-0.3, -0.25) is 4.79 Å². The SMILES string of the molecule is CCOc1ccc(S(=O)(=O)N(CC)CC)cc1NC(=O)[C@@H]1CCC[C@@H]1CN.Cl. The van der Waals surface area contributed by atoms with Crippen LogP contribution < -0.4 is 15.8 Å². The van der Waals surface area contributed by atoms with Crippen molar-refractivity contribution in [3.8, 4) is 5.75 Å². The van der Waals surface area contributed by atoms with Crippen molar-refractivity contribution in [2.75, 3.05) is 31.6 Å². The van der Waals surface area contributed by atoms with Gasteiger partial charge in [0.05, 0.1) is 17.2 Å². The first-order valence-electron chi connectivity index (χ1n) is 9.66. The Bertz CT molecular complexity index is 754. The van der Waals surface area contributed by atoms with Crippen molar-refractivity contribution >= 4 is 34.0 Å². The average molecular weight is 434 g/mol. The molecule has 3 N–H and O–H groups in total. The summed E-state index contributed by atoms with van der Waals surface area (Å²) in [7, 11) is -3.62. The van der Waals surface area contributed by atoms with Crippen LogP contribution in [0.3, 0.4) is 0 Å². The summed E-state index contributed by atoms with van der Waals surface area (Å²) < 4.78 is 32.6. The van der Waals surface area contributed by atoms with Crippen LogP contribution in [0.1, 0.15) is 40.0 Å². The summed E-state index contributed by atoms with van der Waals surface area (Å²) in [4.78, 5) is 12.9. The van der Waals surface area contributed by atoms with Gasteiger partial charge in [-0.25, -0.2) is 8.42 Å². The first-order chi connectivity index (χ1) is 12.9. The van der Waals surface area contributed by atoms with Gasteiger partial charge in [0.2, 0.25) is 15.9 Å². The number of sulfonamides is 1. The van der Waals surface area contributed by atoms with E-state index in [-0.39, 0.29) is 35.0 Å². The number of rotatable bonds is 9. The number of anilines is 1. The van der Waals surface area contributed by atoms with Crippen molar-refractivity contribution in [2.24, 2.45) is 17.6 Å². The van der Waals surface area contributed by atoms with E-state index in [0.29, 0.717) is 37.7 Å². The van der Waals surface area contributed by atoms with E-state index in [0.717, 1.165) is 19.3 Å². The first kappa shape index (κ1) is 24.7. The van der Waals surface area contributed by atoms with Crippen LogP contribution in [0, 0.1) is 11.8 Å². The third-order valence-electron chi connectivity index (χ3n) is 5.15. The molecule has 2 rings (SSSR count). The predicted molar refractivity (Wildman–Crippen MR) is 113 cm³/mol. The molecule has 1 aliphatic carbocycles. The second-order valence-electron chi connectivity index (χ2n) is 6.70. The largest absolute Gasteiger partial charge is 0.492 e. The summed E-state index contributed by atoms with van der Waals surface area (Å²) in [6, 6.07) is 4.61. The third-order valence-corrected chi connectivity index (χ3v) is 7.20. The maximum absolute atomic E-state index is 12.8. The second-order valence-corrected chi connectivity index (χ2v) is 8.64. The van der Waals surface area contributed by atoms with E-state index in [1.54, 1.807) is 19.9 Å². The molecule has 0 aliphatic heterocycles. The average Bonchev–Trinajstić information content (AvgIpc) is 3.13. The molecule has 1 aromatic carbocycles. The Morgan fingerprint density at radius 1 is 1.25 bits per heavy atom. The Balaban J connectivity index is 0.00000392. The lowest BCUT2D eigenvalue weighted by molar-refractivity contribution is -0.120. The second kappa shape index (κ2) is 11.0. The zero-order chi connectivity index (χ0) is 20.0. The van der Waals surface area contributed by atoms with Gasteiger partial charge in [-0.05, 0) is 50.4 Å². The monoisotopic (exact) mass is 433 g/mol. The van der Waals surface area contributed by atoms with Crippen molar-refractivity contribution in [1.82, 2.24) is 4.31 Å². The fourth-order valence-electron chi connectivity index (χ4n) is 3.65. The smallest absolute Gasteiger partial charge is 0.243 e. The molecule has 0 unspecified atom stereocenters. The van der Waals surface area contributed by atoms with Crippen LogP contribution in [0.25, 0.3) is 0 Å². The van der Waals surface area contributed by atoms with Crippen molar-refractivity contribution < 1.29 is 17.9 Å². The Morgan fingerprint density at radius 2 is 1.93 bits per heavy atom. The van der Waals surface area contributed by atoms with Gasteiger partial charge in [-0.15, -0.1) is 12.4 Å². The molecular weight excluding hydrogens is 402 g/mol. The first-order valence-corrected chi connectivity index (χ1v) is 11.1. The maximum atomic E-state index is 12.8. The van der Waals surface area contributed by atoms with Crippen molar-refractivity contribution in [3.63, 3.8) is 0 Å². The molecule has 1 aliphatic rings. The van der Waals surface area contributed by atoms with Crippen molar-refractivity contribution in [1.29, 1.82) is 0 Å². The lowest BCUT2D eigenvalue weighted by atomic mass is 9.95. The van der Waals surface area contributed by atoms with Crippen molar-refractivity contribution in [2.45, 2.75) is 44.9 Å². The van der Waals surface area contributed by atoms with Gasteiger partial charge in [-0.2, -0.15) is 4.31 Å². The van der Waals surface area contributed by atoms with Crippen LogP contribution in [-0.4, -0.2) is 44.9 Å². The number of carbonyl (C=O) groups excluding carboxylic acids is 1. The number of amides is 1. The molecule has 0 radical (unpaired) electrons. The molecule has 0 saturated heterocycles. The van der Waals surface area contributed by atoms with E-state index in [4.69, 9.17) is 10.5 Å². The van der Waals surface area contributed by atoms with Crippen LogP contribution in [-0.2, 0) is 14.8 Å². The highest BCUT2D eigenvalue weighted by Gasteiger charge is 2.32. The topological polar surface area (TPSA) is 102 Å². The van der Waals surface area contributed by atoms with E-state index < -0.39 is 10.0 Å². The fourth-order valence-corrected chi connectivity index (χ4v) is 5.14. The van der Waals surface area contributed by atoms with Crippen LogP contribution in [0.2, 0.25) is 0 Å². The molecule has 0 aromatic heterocycles.